The zero-order valence-corrected chi connectivity index (χ0v) is 10.3. The predicted molar refractivity (Wildman–Crippen MR) is 68.9 cm³/mol. The summed E-state index contributed by atoms with van der Waals surface area (Å²) in [5.41, 5.74) is 1.22. The largest absolute Gasteiger partial charge is 0.371 e. The first kappa shape index (κ1) is 12.8. The van der Waals surface area contributed by atoms with Crippen LogP contribution in [0, 0.1) is 0 Å². The van der Waals surface area contributed by atoms with E-state index in [-0.39, 0.29) is 5.78 Å². The van der Waals surface area contributed by atoms with E-state index in [0.717, 1.165) is 13.1 Å². The van der Waals surface area contributed by atoms with E-state index in [1.165, 1.54) is 18.5 Å². The van der Waals surface area contributed by atoms with Crippen LogP contribution in [0.5, 0.6) is 0 Å². The van der Waals surface area contributed by atoms with Gasteiger partial charge in [-0.05, 0) is 25.5 Å². The lowest BCUT2D eigenvalue weighted by atomic mass is 10.2. The smallest absolute Gasteiger partial charge is 0.131 e. The average Bonchev–Trinajstić information content (AvgIpc) is 2.30. The lowest BCUT2D eigenvalue weighted by Crippen LogP contribution is -2.26. The maximum absolute atomic E-state index is 11.0. The van der Waals surface area contributed by atoms with Gasteiger partial charge in [-0.15, -0.1) is 0 Å². The Balaban J connectivity index is 2.59. The van der Waals surface area contributed by atoms with Gasteiger partial charge in [-0.1, -0.05) is 31.5 Å². The third-order valence-corrected chi connectivity index (χ3v) is 2.64. The summed E-state index contributed by atoms with van der Waals surface area (Å²) in [5.74, 6) is 0.262. The van der Waals surface area contributed by atoms with Crippen LogP contribution in [0.3, 0.4) is 0 Å². The molecule has 16 heavy (non-hydrogen) atoms. The molecule has 0 saturated heterocycles. The Morgan fingerprint density at radius 3 is 2.44 bits per heavy atom. The Hall–Kier alpha value is -1.31. The van der Waals surface area contributed by atoms with Crippen LogP contribution in [0.1, 0.15) is 33.1 Å². The number of rotatable bonds is 7. The van der Waals surface area contributed by atoms with Gasteiger partial charge >= 0.3 is 0 Å². The number of carbonyl (C=O) groups excluding carboxylic acids is 1. The highest BCUT2D eigenvalue weighted by molar-refractivity contribution is 5.76. The first-order valence-corrected chi connectivity index (χ1v) is 6.03. The van der Waals surface area contributed by atoms with Gasteiger partial charge in [-0.2, -0.15) is 0 Å². The summed E-state index contributed by atoms with van der Waals surface area (Å²) in [7, 11) is 0. The third kappa shape index (κ3) is 4.47. The molecule has 0 saturated carbocycles. The van der Waals surface area contributed by atoms with E-state index in [9.17, 15) is 4.79 Å². The topological polar surface area (TPSA) is 20.3 Å². The molecule has 1 aromatic carbocycles. The van der Waals surface area contributed by atoms with Crippen LogP contribution >= 0.6 is 0 Å². The molecule has 0 bridgehead atoms. The van der Waals surface area contributed by atoms with Crippen molar-refractivity contribution >= 4 is 11.5 Å². The molecule has 0 aliphatic heterocycles. The molecule has 0 radical (unpaired) electrons. The van der Waals surface area contributed by atoms with E-state index in [1.807, 2.05) is 18.2 Å². The van der Waals surface area contributed by atoms with Crippen LogP contribution in [0.15, 0.2) is 30.3 Å². The molecule has 0 heterocycles. The van der Waals surface area contributed by atoms with E-state index in [4.69, 9.17) is 0 Å². The van der Waals surface area contributed by atoms with Crippen LogP contribution in [-0.2, 0) is 4.79 Å². The molecule has 2 nitrogen and oxygen atoms in total. The van der Waals surface area contributed by atoms with Crippen LogP contribution in [0.2, 0.25) is 0 Å². The van der Waals surface area contributed by atoms with Crippen molar-refractivity contribution in [1.29, 1.82) is 0 Å². The maximum Gasteiger partial charge on any atom is 0.131 e. The standard InChI is InChI=1S/C14H21NO/c1-3-4-11-15(12-10-13(2)16)14-8-6-5-7-9-14/h5-9H,3-4,10-12H2,1-2H3. The van der Waals surface area contributed by atoms with Gasteiger partial charge in [0.2, 0.25) is 0 Å². The van der Waals surface area contributed by atoms with Crippen LogP contribution < -0.4 is 4.90 Å². The highest BCUT2D eigenvalue weighted by Gasteiger charge is 2.06. The lowest BCUT2D eigenvalue weighted by Gasteiger charge is -2.24. The number of unbranched alkanes of at least 4 members (excludes halogenated alkanes) is 1. The van der Waals surface area contributed by atoms with E-state index >= 15 is 0 Å². The Morgan fingerprint density at radius 2 is 1.88 bits per heavy atom. The summed E-state index contributed by atoms with van der Waals surface area (Å²) in [6.45, 7) is 5.71. The first-order valence-electron chi connectivity index (χ1n) is 6.03. The van der Waals surface area contributed by atoms with Crippen LogP contribution in [0.4, 0.5) is 5.69 Å². The number of para-hydroxylation sites is 1. The summed E-state index contributed by atoms with van der Waals surface area (Å²) >= 11 is 0. The summed E-state index contributed by atoms with van der Waals surface area (Å²) in [4.78, 5) is 13.3. The number of anilines is 1. The molecule has 0 atom stereocenters. The molecule has 0 aromatic heterocycles. The van der Waals surface area contributed by atoms with Crippen molar-refractivity contribution in [3.63, 3.8) is 0 Å². The second-order valence-corrected chi connectivity index (χ2v) is 4.13. The zero-order valence-electron chi connectivity index (χ0n) is 10.3. The fourth-order valence-electron chi connectivity index (χ4n) is 1.65. The SMILES string of the molecule is CCCCN(CCC(C)=O)c1ccccc1. The normalized spacial score (nSPS) is 10.1. The summed E-state index contributed by atoms with van der Waals surface area (Å²) in [6.07, 6.45) is 2.99. The molecular formula is C14H21NO. The highest BCUT2D eigenvalue weighted by atomic mass is 16.1. The van der Waals surface area contributed by atoms with Crippen molar-refractivity contribution < 1.29 is 4.79 Å². The van der Waals surface area contributed by atoms with Gasteiger partial charge in [0.25, 0.3) is 0 Å². The number of nitrogens with zero attached hydrogens (tertiary/aromatic N) is 1. The Labute approximate surface area is 98.3 Å². The molecule has 0 unspecified atom stereocenters. The molecule has 1 rings (SSSR count). The fourth-order valence-corrected chi connectivity index (χ4v) is 1.65. The first-order chi connectivity index (χ1) is 7.74. The minimum atomic E-state index is 0.262. The van der Waals surface area contributed by atoms with Crippen molar-refractivity contribution in [1.82, 2.24) is 0 Å². The number of ketones is 1. The molecule has 0 aliphatic carbocycles. The van der Waals surface area contributed by atoms with Gasteiger partial charge in [0, 0.05) is 25.2 Å². The second-order valence-electron chi connectivity index (χ2n) is 4.13. The summed E-state index contributed by atoms with van der Waals surface area (Å²) in [5, 5.41) is 0. The Bertz CT molecular complexity index is 308. The van der Waals surface area contributed by atoms with Crippen molar-refractivity contribution in [2.24, 2.45) is 0 Å². The molecule has 0 spiro atoms. The van der Waals surface area contributed by atoms with Crippen molar-refractivity contribution in [2.45, 2.75) is 33.1 Å². The van der Waals surface area contributed by atoms with Gasteiger partial charge in [-0.25, -0.2) is 0 Å². The molecule has 2 heteroatoms. The maximum atomic E-state index is 11.0. The van der Waals surface area contributed by atoms with Gasteiger partial charge in [0.1, 0.15) is 5.78 Å². The Kier molecular flexibility index (Phi) is 5.62. The van der Waals surface area contributed by atoms with Crippen molar-refractivity contribution in [3.8, 4) is 0 Å². The van der Waals surface area contributed by atoms with Gasteiger partial charge in [0.05, 0.1) is 0 Å². The monoisotopic (exact) mass is 219 g/mol. The summed E-state index contributed by atoms with van der Waals surface area (Å²) in [6, 6.07) is 10.3. The van der Waals surface area contributed by atoms with E-state index < -0.39 is 0 Å². The summed E-state index contributed by atoms with van der Waals surface area (Å²) < 4.78 is 0. The average molecular weight is 219 g/mol. The quantitative estimate of drug-likeness (QED) is 0.701. The molecule has 0 N–H and O–H groups in total. The predicted octanol–water partition coefficient (Wildman–Crippen LogP) is 3.27. The van der Waals surface area contributed by atoms with E-state index in [2.05, 4.69) is 24.0 Å². The molecule has 1 aromatic rings. The molecule has 0 fully saturated rings. The van der Waals surface area contributed by atoms with Crippen molar-refractivity contribution in [3.05, 3.63) is 30.3 Å². The molecule has 88 valence electrons. The number of benzene rings is 1. The van der Waals surface area contributed by atoms with Gasteiger partial charge in [-0.3, -0.25) is 4.79 Å². The second kappa shape index (κ2) is 7.04. The van der Waals surface area contributed by atoms with E-state index in [1.54, 1.807) is 6.92 Å². The van der Waals surface area contributed by atoms with E-state index in [0.29, 0.717) is 6.42 Å². The zero-order chi connectivity index (χ0) is 11.8. The molecule has 0 amide bonds. The minimum absolute atomic E-state index is 0.262. The van der Waals surface area contributed by atoms with Gasteiger partial charge < -0.3 is 4.90 Å². The third-order valence-electron chi connectivity index (χ3n) is 2.64. The number of hydrogen-bond acceptors (Lipinski definition) is 2. The van der Waals surface area contributed by atoms with Crippen LogP contribution in [-0.4, -0.2) is 18.9 Å². The number of hydrogen-bond donors (Lipinski definition) is 0. The molecule has 0 aliphatic rings. The number of carbonyl (C=O) groups is 1. The lowest BCUT2D eigenvalue weighted by molar-refractivity contribution is -0.116. The fraction of sp³-hybridized carbons (Fsp3) is 0.500. The van der Waals surface area contributed by atoms with Crippen molar-refractivity contribution in [2.75, 3.05) is 18.0 Å². The van der Waals surface area contributed by atoms with Gasteiger partial charge in [0.15, 0.2) is 0 Å². The van der Waals surface area contributed by atoms with Crippen LogP contribution in [0.25, 0.3) is 0 Å². The minimum Gasteiger partial charge on any atom is -0.371 e. The Morgan fingerprint density at radius 1 is 1.19 bits per heavy atom. The number of Topliss-reactive ketones (excluding diaryl/α,β-unsaturated/α-hetero) is 1. The molecular weight excluding hydrogens is 198 g/mol. The highest BCUT2D eigenvalue weighted by Crippen LogP contribution is 2.14.